The van der Waals surface area contributed by atoms with Gasteiger partial charge in [-0.15, -0.1) is 5.54 Å². The average Bonchev–Trinajstić information content (AvgIpc) is 2.52. The summed E-state index contributed by atoms with van der Waals surface area (Å²) in [6.45, 7) is 6.30. The van der Waals surface area contributed by atoms with E-state index in [4.69, 9.17) is 0 Å². The van der Waals surface area contributed by atoms with Gasteiger partial charge in [-0.2, -0.15) is 13.2 Å². The van der Waals surface area contributed by atoms with Crippen LogP contribution >= 0.6 is 15.9 Å². The highest BCUT2D eigenvalue weighted by Crippen LogP contribution is 2.29. The molecule has 0 spiro atoms. The molecule has 0 fully saturated rings. The lowest BCUT2D eigenvalue weighted by Gasteiger charge is -2.08. The summed E-state index contributed by atoms with van der Waals surface area (Å²) in [6.07, 6.45) is -4.36. The molecule has 2 aromatic carbocycles. The summed E-state index contributed by atoms with van der Waals surface area (Å²) in [4.78, 5) is 4.53. The van der Waals surface area contributed by atoms with Crippen molar-refractivity contribution in [2.75, 3.05) is 0 Å². The molecule has 2 rings (SSSR count). The van der Waals surface area contributed by atoms with Crippen molar-refractivity contribution in [2.24, 2.45) is 4.99 Å². The monoisotopic (exact) mass is 423 g/mol. The zero-order valence-corrected chi connectivity index (χ0v) is 16.7. The summed E-state index contributed by atoms with van der Waals surface area (Å²) < 4.78 is 39.2. The maximum atomic E-state index is 12.8. The molecule has 0 heterocycles. The normalized spacial score (nSPS) is 12.5. The van der Waals surface area contributed by atoms with Crippen molar-refractivity contribution in [1.29, 1.82) is 0 Å². The van der Waals surface area contributed by atoms with E-state index in [9.17, 15) is 13.2 Å². The Hall–Kier alpha value is -1.84. The van der Waals surface area contributed by atoms with Crippen LogP contribution in [0.3, 0.4) is 0 Å². The fourth-order valence-electron chi connectivity index (χ4n) is 1.87. The highest BCUT2D eigenvalue weighted by molar-refractivity contribution is 9.10. The van der Waals surface area contributed by atoms with E-state index in [1.807, 2.05) is 24.3 Å². The van der Waals surface area contributed by atoms with E-state index in [2.05, 4.69) is 52.0 Å². The van der Waals surface area contributed by atoms with Crippen LogP contribution in [0.1, 0.15) is 11.1 Å². The summed E-state index contributed by atoms with van der Waals surface area (Å²) in [5, 5.41) is 0. The quantitative estimate of drug-likeness (QED) is 0.298. The number of halogens is 4. The molecule has 0 unspecified atom stereocenters. The number of aliphatic imine (C=N–C) groups is 1. The van der Waals surface area contributed by atoms with Crippen LogP contribution in [0.2, 0.25) is 19.6 Å². The summed E-state index contributed by atoms with van der Waals surface area (Å²) in [7, 11) is -1.65. The molecule has 6 heteroatoms. The van der Waals surface area contributed by atoms with Gasteiger partial charge in [-0.1, -0.05) is 53.6 Å². The SMILES string of the molecule is C[Si](C)(C)C#CC(=Nc1ccc(Br)cc1)c1ccc(C(F)(F)F)cc1. The molecule has 2 aromatic rings. The molecule has 0 aliphatic rings. The van der Waals surface area contributed by atoms with Crippen molar-refractivity contribution in [3.8, 4) is 11.5 Å². The van der Waals surface area contributed by atoms with Crippen molar-refractivity contribution in [3.63, 3.8) is 0 Å². The highest BCUT2D eigenvalue weighted by Gasteiger charge is 2.30. The molecular weight excluding hydrogens is 407 g/mol. The van der Waals surface area contributed by atoms with Crippen LogP contribution in [0.5, 0.6) is 0 Å². The van der Waals surface area contributed by atoms with Gasteiger partial charge in [-0.05, 0) is 36.4 Å². The molecule has 130 valence electrons. The van der Waals surface area contributed by atoms with Gasteiger partial charge in [-0.25, -0.2) is 4.99 Å². The predicted molar refractivity (Wildman–Crippen MR) is 103 cm³/mol. The number of benzene rings is 2. The zero-order valence-electron chi connectivity index (χ0n) is 14.1. The first kappa shape index (κ1) is 19.5. The number of nitrogens with zero attached hydrogens (tertiary/aromatic N) is 1. The van der Waals surface area contributed by atoms with Crippen LogP contribution in [0.4, 0.5) is 18.9 Å². The number of alkyl halides is 3. The second kappa shape index (κ2) is 7.59. The van der Waals surface area contributed by atoms with Gasteiger partial charge in [-0.3, -0.25) is 0 Å². The Labute approximate surface area is 155 Å². The van der Waals surface area contributed by atoms with Crippen molar-refractivity contribution in [1.82, 2.24) is 0 Å². The molecule has 0 N–H and O–H groups in total. The van der Waals surface area contributed by atoms with Crippen LogP contribution in [-0.4, -0.2) is 13.8 Å². The Morgan fingerprint density at radius 1 is 0.960 bits per heavy atom. The van der Waals surface area contributed by atoms with Crippen molar-refractivity contribution < 1.29 is 13.2 Å². The third kappa shape index (κ3) is 6.18. The lowest BCUT2D eigenvalue weighted by atomic mass is 10.1. The van der Waals surface area contributed by atoms with Gasteiger partial charge < -0.3 is 0 Å². The van der Waals surface area contributed by atoms with Gasteiger partial charge in [0.2, 0.25) is 0 Å². The zero-order chi connectivity index (χ0) is 18.7. The minimum absolute atomic E-state index is 0.471. The Kier molecular flexibility index (Phi) is 5.91. The first-order valence-electron chi connectivity index (χ1n) is 7.60. The molecular formula is C19H17BrF3NSi. The average molecular weight is 424 g/mol. The van der Waals surface area contributed by atoms with E-state index in [-0.39, 0.29) is 0 Å². The lowest BCUT2D eigenvalue weighted by Crippen LogP contribution is -2.17. The molecule has 0 radical (unpaired) electrons. The molecule has 0 bridgehead atoms. The van der Waals surface area contributed by atoms with Crippen molar-refractivity contribution >= 4 is 35.4 Å². The number of hydrogen-bond donors (Lipinski definition) is 0. The van der Waals surface area contributed by atoms with Crippen LogP contribution < -0.4 is 0 Å². The summed E-state index contributed by atoms with van der Waals surface area (Å²) in [6, 6.07) is 12.3. The second-order valence-electron chi connectivity index (χ2n) is 6.51. The third-order valence-electron chi connectivity index (χ3n) is 3.11. The maximum absolute atomic E-state index is 12.8. The van der Waals surface area contributed by atoms with E-state index >= 15 is 0 Å². The van der Waals surface area contributed by atoms with Crippen LogP contribution in [0.25, 0.3) is 0 Å². The maximum Gasteiger partial charge on any atom is 0.416 e. The molecule has 0 aliphatic heterocycles. The van der Waals surface area contributed by atoms with Crippen LogP contribution in [0.15, 0.2) is 58.0 Å². The summed E-state index contributed by atoms with van der Waals surface area (Å²) in [5.74, 6) is 3.07. The van der Waals surface area contributed by atoms with Crippen LogP contribution in [0, 0.1) is 11.5 Å². The summed E-state index contributed by atoms with van der Waals surface area (Å²) in [5.41, 5.74) is 4.28. The topological polar surface area (TPSA) is 12.4 Å². The molecule has 0 saturated heterocycles. The Morgan fingerprint density at radius 3 is 2.00 bits per heavy atom. The fraction of sp³-hybridized carbons (Fsp3) is 0.211. The number of rotatable bonds is 2. The van der Waals surface area contributed by atoms with Gasteiger partial charge in [0.1, 0.15) is 13.8 Å². The smallest absolute Gasteiger partial charge is 0.239 e. The van der Waals surface area contributed by atoms with Crippen molar-refractivity contribution in [3.05, 3.63) is 64.1 Å². The van der Waals surface area contributed by atoms with E-state index in [0.717, 1.165) is 16.6 Å². The Balaban J connectivity index is 2.47. The van der Waals surface area contributed by atoms with Gasteiger partial charge in [0.15, 0.2) is 0 Å². The summed E-state index contributed by atoms with van der Waals surface area (Å²) >= 11 is 3.36. The largest absolute Gasteiger partial charge is 0.416 e. The van der Waals surface area contributed by atoms with Crippen LogP contribution in [-0.2, 0) is 6.18 Å². The van der Waals surface area contributed by atoms with E-state index < -0.39 is 19.8 Å². The van der Waals surface area contributed by atoms with E-state index in [0.29, 0.717) is 17.0 Å². The molecule has 0 aliphatic carbocycles. The first-order valence-corrected chi connectivity index (χ1v) is 11.9. The molecule has 0 amide bonds. The van der Waals surface area contributed by atoms with E-state index in [1.165, 1.54) is 12.1 Å². The predicted octanol–water partition coefficient (Wildman–Crippen LogP) is 6.47. The minimum Gasteiger partial charge on any atom is -0.239 e. The fourth-order valence-corrected chi connectivity index (χ4v) is 2.63. The van der Waals surface area contributed by atoms with Gasteiger partial charge in [0.25, 0.3) is 0 Å². The van der Waals surface area contributed by atoms with Crippen molar-refractivity contribution in [2.45, 2.75) is 25.8 Å². The van der Waals surface area contributed by atoms with Gasteiger partial charge >= 0.3 is 6.18 Å². The first-order chi connectivity index (χ1) is 11.5. The van der Waals surface area contributed by atoms with Gasteiger partial charge in [0.05, 0.1) is 11.3 Å². The standard InChI is InChI=1S/C19H17BrF3NSi/c1-25(2,3)13-12-18(24-17-10-8-16(20)9-11-17)14-4-6-15(7-5-14)19(21,22)23/h4-11H,1-3H3. The minimum atomic E-state index is -4.36. The number of hydrogen-bond acceptors (Lipinski definition) is 1. The molecule has 0 aromatic heterocycles. The van der Waals surface area contributed by atoms with Gasteiger partial charge in [0, 0.05) is 10.0 Å². The lowest BCUT2D eigenvalue weighted by molar-refractivity contribution is -0.137. The molecule has 1 nitrogen and oxygen atoms in total. The highest BCUT2D eigenvalue weighted by atomic mass is 79.9. The molecule has 0 atom stereocenters. The van der Waals surface area contributed by atoms with E-state index in [1.54, 1.807) is 0 Å². The molecule has 0 saturated carbocycles. The Bertz CT molecular complexity index is 821. The third-order valence-corrected chi connectivity index (χ3v) is 4.51. The Morgan fingerprint density at radius 2 is 1.52 bits per heavy atom. The molecule has 25 heavy (non-hydrogen) atoms. The second-order valence-corrected chi connectivity index (χ2v) is 12.2.